The van der Waals surface area contributed by atoms with Crippen LogP contribution < -0.4 is 0 Å². The second-order valence-corrected chi connectivity index (χ2v) is 18.8. The van der Waals surface area contributed by atoms with Crippen molar-refractivity contribution in [3.8, 4) is 0 Å². The molecule has 206 valence electrons. The van der Waals surface area contributed by atoms with E-state index in [0.717, 1.165) is 38.5 Å². The molecular formula is C31H49NO3SSi. The molecule has 2 saturated carbocycles. The van der Waals surface area contributed by atoms with Gasteiger partial charge in [0.2, 0.25) is 6.04 Å². The van der Waals surface area contributed by atoms with Gasteiger partial charge in [-0.3, -0.25) is 0 Å². The summed E-state index contributed by atoms with van der Waals surface area (Å²) in [6.07, 6.45) is 16.5. The molecular weight excluding hydrogens is 494 g/mol. The zero-order chi connectivity index (χ0) is 27.3. The summed E-state index contributed by atoms with van der Waals surface area (Å²) < 4.78 is 11.9. The lowest BCUT2D eigenvalue weighted by molar-refractivity contribution is -0.0272. The number of hydrogen-bond acceptors (Lipinski definition) is 4. The number of nitrogens with zero attached hydrogens (tertiary/aromatic N) is 1. The van der Waals surface area contributed by atoms with Gasteiger partial charge in [-0.1, -0.05) is 46.3 Å². The average Bonchev–Trinajstić information content (AvgIpc) is 3.44. The topological polar surface area (TPSA) is 39.9 Å². The summed E-state index contributed by atoms with van der Waals surface area (Å²) in [6, 6.07) is 4.03. The average molecular weight is 544 g/mol. The Labute approximate surface area is 231 Å². The Morgan fingerprint density at radius 1 is 1.30 bits per heavy atom. The molecule has 0 bridgehead atoms. The van der Waals surface area contributed by atoms with Crippen LogP contribution in [0.5, 0.6) is 0 Å². The number of esters is 1. The molecule has 37 heavy (non-hydrogen) atoms. The van der Waals surface area contributed by atoms with Crippen LogP contribution in [0, 0.1) is 23.8 Å². The molecule has 2 aliphatic carbocycles. The second kappa shape index (κ2) is 12.6. The molecule has 0 aromatic carbocycles. The Morgan fingerprint density at radius 2 is 2.03 bits per heavy atom. The molecule has 0 saturated heterocycles. The lowest BCUT2D eigenvalue weighted by Gasteiger charge is -2.51. The number of hydrogen-bond donors (Lipinski definition) is 0. The molecule has 1 heterocycles. The van der Waals surface area contributed by atoms with Crippen LogP contribution in [-0.2, 0) is 15.6 Å². The van der Waals surface area contributed by atoms with E-state index in [9.17, 15) is 4.79 Å². The van der Waals surface area contributed by atoms with E-state index >= 15 is 0 Å². The van der Waals surface area contributed by atoms with Crippen LogP contribution >= 0.6 is 11.3 Å². The fourth-order valence-electron chi connectivity index (χ4n) is 5.97. The lowest BCUT2D eigenvalue weighted by Crippen LogP contribution is -2.51. The minimum Gasteiger partial charge on any atom is -0.465 e. The molecule has 0 aliphatic heterocycles. The van der Waals surface area contributed by atoms with Crippen LogP contribution in [0.1, 0.15) is 100 Å². The third-order valence-corrected chi connectivity index (χ3v) is 15.3. The van der Waals surface area contributed by atoms with Crippen molar-refractivity contribution in [3.05, 3.63) is 45.5 Å². The van der Waals surface area contributed by atoms with Gasteiger partial charge in [0.05, 0.1) is 19.1 Å². The van der Waals surface area contributed by atoms with E-state index in [1.165, 1.54) is 37.7 Å². The first-order valence-corrected chi connectivity index (χ1v) is 18.1. The summed E-state index contributed by atoms with van der Waals surface area (Å²) in [5.41, 5.74) is 0.331. The maximum atomic E-state index is 11.7. The normalized spacial score (nSPS) is 24.5. The molecule has 2 fully saturated rings. The number of rotatable bonds is 12. The van der Waals surface area contributed by atoms with Gasteiger partial charge in [-0.25, -0.2) is 11.4 Å². The number of carbonyl (C=O) groups is 1. The van der Waals surface area contributed by atoms with Crippen molar-refractivity contribution in [3.63, 3.8) is 0 Å². The van der Waals surface area contributed by atoms with Gasteiger partial charge in [0.15, 0.2) is 8.32 Å². The van der Waals surface area contributed by atoms with Gasteiger partial charge in [-0.05, 0) is 93.0 Å². The zero-order valence-corrected chi connectivity index (χ0v) is 26.1. The molecule has 3 rings (SSSR count). The van der Waals surface area contributed by atoms with Gasteiger partial charge in [0.1, 0.15) is 4.88 Å². The van der Waals surface area contributed by atoms with E-state index in [0.29, 0.717) is 22.1 Å². The third kappa shape index (κ3) is 7.16. The molecule has 0 amide bonds. The Kier molecular flexibility index (Phi) is 10.3. The molecule has 2 aliphatic rings. The first-order valence-electron chi connectivity index (χ1n) is 14.3. The predicted octanol–water partition coefficient (Wildman–Crippen LogP) is 9.09. The van der Waals surface area contributed by atoms with Crippen LogP contribution in [0.25, 0.3) is 4.85 Å². The highest BCUT2D eigenvalue weighted by molar-refractivity contribution is 7.13. The van der Waals surface area contributed by atoms with Crippen LogP contribution in [0.2, 0.25) is 18.1 Å². The number of ether oxygens (including phenoxy) is 1. The van der Waals surface area contributed by atoms with Gasteiger partial charge < -0.3 is 14.0 Å². The highest BCUT2D eigenvalue weighted by atomic mass is 32.1. The molecule has 6 heteroatoms. The Bertz CT molecular complexity index is 960. The smallest absolute Gasteiger partial charge is 0.348 e. The summed E-state index contributed by atoms with van der Waals surface area (Å²) in [5, 5.41) is 0.208. The van der Waals surface area contributed by atoms with Crippen molar-refractivity contribution in [1.29, 1.82) is 0 Å². The third-order valence-electron chi connectivity index (χ3n) is 9.72. The minimum atomic E-state index is -1.86. The SMILES string of the molecule is [C-]#[N+][C@@H]1CC[C@H](CCCc2ccc(C(=O)OC)s2)[C@H]1/C=C/CC(O[Si](C)(C)C(C)(C)C)C1(CC)CCC1. The number of methoxy groups -OCH3 is 1. The van der Waals surface area contributed by atoms with E-state index in [-0.39, 0.29) is 23.2 Å². The number of thiophene rings is 1. The van der Waals surface area contributed by atoms with Gasteiger partial charge in [-0.2, -0.15) is 0 Å². The van der Waals surface area contributed by atoms with Crippen molar-refractivity contribution < 1.29 is 14.0 Å². The highest BCUT2D eigenvalue weighted by Gasteiger charge is 2.48. The van der Waals surface area contributed by atoms with E-state index < -0.39 is 8.32 Å². The van der Waals surface area contributed by atoms with Gasteiger partial charge >= 0.3 is 5.97 Å². The summed E-state index contributed by atoms with van der Waals surface area (Å²) in [6.45, 7) is 21.9. The Balaban J connectivity index is 1.63. The van der Waals surface area contributed by atoms with Gasteiger partial charge in [-0.15, -0.1) is 11.3 Å². The van der Waals surface area contributed by atoms with Crippen molar-refractivity contribution in [2.45, 2.75) is 122 Å². The van der Waals surface area contributed by atoms with E-state index in [1.807, 2.05) is 6.07 Å². The van der Waals surface area contributed by atoms with Gasteiger partial charge in [0, 0.05) is 11.3 Å². The van der Waals surface area contributed by atoms with Crippen molar-refractivity contribution in [1.82, 2.24) is 0 Å². The molecule has 0 radical (unpaired) electrons. The lowest BCUT2D eigenvalue weighted by atomic mass is 9.63. The second-order valence-electron chi connectivity index (χ2n) is 12.9. The Hall–Kier alpha value is -1.42. The monoisotopic (exact) mass is 543 g/mol. The summed E-state index contributed by atoms with van der Waals surface area (Å²) in [4.78, 5) is 17.7. The van der Waals surface area contributed by atoms with Crippen molar-refractivity contribution in [2.24, 2.45) is 17.3 Å². The van der Waals surface area contributed by atoms with E-state index in [2.05, 4.69) is 63.9 Å². The molecule has 1 aromatic heterocycles. The van der Waals surface area contributed by atoms with Crippen molar-refractivity contribution in [2.75, 3.05) is 7.11 Å². The highest BCUT2D eigenvalue weighted by Crippen LogP contribution is 2.51. The number of aryl methyl sites for hydroxylation is 1. The fourth-order valence-corrected chi connectivity index (χ4v) is 8.35. The van der Waals surface area contributed by atoms with Crippen molar-refractivity contribution >= 4 is 25.6 Å². The van der Waals surface area contributed by atoms with Crippen LogP contribution in [0.15, 0.2) is 24.3 Å². The predicted molar refractivity (Wildman–Crippen MR) is 158 cm³/mol. The first-order chi connectivity index (χ1) is 17.5. The standard InChI is InChI=1S/C31H49NO3SSi/c1-9-31(21-12-22-31)28(35-37(7,8)30(2,3)4)16-11-15-25-23(17-19-26(25)32-5)13-10-14-24-18-20-27(36-24)29(33)34-6/h11,15,18,20,23,25-26,28H,9-10,12-14,16-17,19,21-22H2,1-4,6-8H3/b15-11+/t23-,25+,26+,28?/m0/s1. The molecule has 1 aromatic rings. The molecule has 1 unspecified atom stereocenters. The summed E-state index contributed by atoms with van der Waals surface area (Å²) in [5.74, 6) is 0.665. The minimum absolute atomic E-state index is 0.109. The molecule has 0 N–H and O–H groups in total. The quantitative estimate of drug-likeness (QED) is 0.114. The van der Waals surface area contributed by atoms with Crippen LogP contribution in [0.4, 0.5) is 0 Å². The van der Waals surface area contributed by atoms with Crippen LogP contribution in [-0.4, -0.2) is 33.5 Å². The largest absolute Gasteiger partial charge is 0.465 e. The molecule has 0 spiro atoms. The van der Waals surface area contributed by atoms with E-state index in [4.69, 9.17) is 15.7 Å². The maximum Gasteiger partial charge on any atom is 0.348 e. The Morgan fingerprint density at radius 3 is 2.59 bits per heavy atom. The maximum absolute atomic E-state index is 11.7. The molecule has 4 atom stereocenters. The van der Waals surface area contributed by atoms with Gasteiger partial charge in [0.25, 0.3) is 0 Å². The zero-order valence-electron chi connectivity index (χ0n) is 24.3. The van der Waals surface area contributed by atoms with Crippen LogP contribution in [0.3, 0.4) is 0 Å². The number of carbonyl (C=O) groups excluding carboxylic acids is 1. The fraction of sp³-hybridized carbons (Fsp3) is 0.742. The van der Waals surface area contributed by atoms with E-state index in [1.54, 1.807) is 11.3 Å². The molecule has 4 nitrogen and oxygen atoms in total. The summed E-state index contributed by atoms with van der Waals surface area (Å²) >= 11 is 1.54. The first kappa shape index (κ1) is 30.1. The summed E-state index contributed by atoms with van der Waals surface area (Å²) in [7, 11) is -0.430.